The molecule has 0 spiro atoms. The zero-order chi connectivity index (χ0) is 16.6. The summed E-state index contributed by atoms with van der Waals surface area (Å²) < 4.78 is 1.83. The summed E-state index contributed by atoms with van der Waals surface area (Å²) in [6, 6.07) is 2.23. The molecule has 0 radical (unpaired) electrons. The molecule has 1 aliphatic heterocycles. The first-order chi connectivity index (χ1) is 10.9. The summed E-state index contributed by atoms with van der Waals surface area (Å²) in [5.74, 6) is 0.211. The summed E-state index contributed by atoms with van der Waals surface area (Å²) in [6.07, 6.45) is 8.00. The second kappa shape index (κ2) is 6.27. The summed E-state index contributed by atoms with van der Waals surface area (Å²) in [5.41, 5.74) is -0.121. The third-order valence-corrected chi connectivity index (χ3v) is 5.63. The number of aromatic nitrogens is 2. The quantitative estimate of drug-likeness (QED) is 0.931. The molecule has 3 rings (SSSR count). The van der Waals surface area contributed by atoms with Crippen LogP contribution in [0.4, 0.5) is 0 Å². The van der Waals surface area contributed by atoms with Crippen molar-refractivity contribution in [2.75, 3.05) is 6.54 Å². The highest BCUT2D eigenvalue weighted by molar-refractivity contribution is 5.92. The third-order valence-electron chi connectivity index (χ3n) is 5.63. The van der Waals surface area contributed by atoms with Crippen molar-refractivity contribution in [3.8, 4) is 0 Å². The summed E-state index contributed by atoms with van der Waals surface area (Å²) in [6.45, 7) is 6.84. The molecule has 1 aromatic heterocycles. The van der Waals surface area contributed by atoms with E-state index in [1.54, 1.807) is 0 Å². The van der Waals surface area contributed by atoms with Gasteiger partial charge in [0.25, 0.3) is 5.91 Å². The second-order valence-electron chi connectivity index (χ2n) is 7.69. The Morgan fingerprint density at radius 2 is 2.13 bits per heavy atom. The van der Waals surface area contributed by atoms with E-state index in [0.29, 0.717) is 5.69 Å². The van der Waals surface area contributed by atoms with Crippen LogP contribution in [0.25, 0.3) is 0 Å². The molecule has 0 aromatic carbocycles. The molecular weight excluding hydrogens is 290 g/mol. The number of nitrogens with zero attached hydrogens (tertiary/aromatic N) is 3. The predicted octanol–water partition coefficient (Wildman–Crippen LogP) is 3.01. The highest BCUT2D eigenvalue weighted by Crippen LogP contribution is 2.41. The van der Waals surface area contributed by atoms with E-state index in [1.807, 2.05) is 28.8 Å². The molecule has 5 nitrogen and oxygen atoms in total. The van der Waals surface area contributed by atoms with Crippen molar-refractivity contribution in [1.29, 1.82) is 0 Å². The van der Waals surface area contributed by atoms with Crippen molar-refractivity contribution >= 4 is 5.91 Å². The molecule has 1 aromatic rings. The van der Waals surface area contributed by atoms with Gasteiger partial charge in [-0.2, -0.15) is 5.10 Å². The lowest BCUT2D eigenvalue weighted by Crippen LogP contribution is -2.50. The van der Waals surface area contributed by atoms with Gasteiger partial charge in [-0.15, -0.1) is 0 Å². The number of hydrogen-bond acceptors (Lipinski definition) is 3. The van der Waals surface area contributed by atoms with Gasteiger partial charge in [-0.25, -0.2) is 0 Å². The highest BCUT2D eigenvalue weighted by Gasteiger charge is 2.45. The molecule has 2 heterocycles. The Labute approximate surface area is 138 Å². The Morgan fingerprint density at radius 3 is 2.78 bits per heavy atom. The van der Waals surface area contributed by atoms with Crippen molar-refractivity contribution in [1.82, 2.24) is 14.7 Å². The van der Waals surface area contributed by atoms with Crippen LogP contribution in [0.3, 0.4) is 0 Å². The highest BCUT2D eigenvalue weighted by atomic mass is 16.3. The fraction of sp³-hybridized carbons (Fsp3) is 0.778. The number of hydrogen-bond donors (Lipinski definition) is 1. The number of carbonyl (C=O) groups excluding carboxylic acids is 1. The average Bonchev–Trinajstić information content (AvgIpc) is 3.15. The van der Waals surface area contributed by atoms with Gasteiger partial charge in [-0.05, 0) is 52.5 Å². The zero-order valence-electron chi connectivity index (χ0n) is 14.5. The molecule has 5 heteroatoms. The van der Waals surface area contributed by atoms with Gasteiger partial charge in [0, 0.05) is 30.7 Å². The van der Waals surface area contributed by atoms with Crippen molar-refractivity contribution in [2.45, 2.75) is 77.0 Å². The maximum atomic E-state index is 12.9. The molecular formula is C18H29N3O2. The van der Waals surface area contributed by atoms with Crippen LogP contribution in [-0.4, -0.2) is 43.9 Å². The average molecular weight is 319 g/mol. The monoisotopic (exact) mass is 319 g/mol. The van der Waals surface area contributed by atoms with Crippen LogP contribution in [0, 0.1) is 5.92 Å². The molecule has 23 heavy (non-hydrogen) atoms. The van der Waals surface area contributed by atoms with E-state index in [0.717, 1.165) is 45.1 Å². The standard InChI is InChI=1S/C18H29N3O2/c1-13(2)21-12-9-15(19-21)17(22)20-11-6-8-16(20)14-7-4-5-10-18(14,3)23/h9,12-14,16,23H,4-8,10-11H2,1-3H3/t14-,16+,18-/m0/s1. The van der Waals surface area contributed by atoms with Crippen LogP contribution < -0.4 is 0 Å². The third kappa shape index (κ3) is 3.16. The first-order valence-corrected chi connectivity index (χ1v) is 8.98. The maximum Gasteiger partial charge on any atom is 0.274 e. The molecule has 1 N–H and O–H groups in total. The number of likely N-dealkylation sites (tertiary alicyclic amines) is 1. The van der Waals surface area contributed by atoms with Gasteiger partial charge in [0.15, 0.2) is 0 Å². The van der Waals surface area contributed by atoms with E-state index in [-0.39, 0.29) is 23.9 Å². The molecule has 0 unspecified atom stereocenters. The van der Waals surface area contributed by atoms with Gasteiger partial charge in [-0.3, -0.25) is 9.48 Å². The van der Waals surface area contributed by atoms with Crippen molar-refractivity contribution in [2.24, 2.45) is 5.92 Å². The molecule has 1 amide bonds. The van der Waals surface area contributed by atoms with Gasteiger partial charge in [0.1, 0.15) is 5.69 Å². The number of amides is 1. The Bertz CT molecular complexity index is 564. The minimum absolute atomic E-state index is 0.0215. The molecule has 3 atom stereocenters. The summed E-state index contributed by atoms with van der Waals surface area (Å²) >= 11 is 0. The van der Waals surface area contributed by atoms with Crippen LogP contribution in [0.15, 0.2) is 12.3 Å². The van der Waals surface area contributed by atoms with Gasteiger partial charge in [0.05, 0.1) is 5.60 Å². The Hall–Kier alpha value is -1.36. The fourth-order valence-corrected chi connectivity index (χ4v) is 4.30. The lowest BCUT2D eigenvalue weighted by Gasteiger charge is -2.43. The molecule has 1 aliphatic carbocycles. The van der Waals surface area contributed by atoms with Gasteiger partial charge in [0.2, 0.25) is 0 Å². The molecule has 2 fully saturated rings. The largest absolute Gasteiger partial charge is 0.390 e. The van der Waals surface area contributed by atoms with E-state index in [2.05, 4.69) is 18.9 Å². The molecule has 1 saturated carbocycles. The molecule has 0 bridgehead atoms. The second-order valence-corrected chi connectivity index (χ2v) is 7.69. The molecule has 128 valence electrons. The first-order valence-electron chi connectivity index (χ1n) is 8.98. The van der Waals surface area contributed by atoms with Crippen LogP contribution >= 0.6 is 0 Å². The summed E-state index contributed by atoms with van der Waals surface area (Å²) in [5, 5.41) is 15.2. The van der Waals surface area contributed by atoms with Crippen LogP contribution in [0.5, 0.6) is 0 Å². The maximum absolute atomic E-state index is 12.9. The Balaban J connectivity index is 1.79. The first kappa shape index (κ1) is 16.5. The van der Waals surface area contributed by atoms with Gasteiger partial charge >= 0.3 is 0 Å². The molecule has 1 saturated heterocycles. The van der Waals surface area contributed by atoms with Crippen LogP contribution in [0.1, 0.15) is 75.8 Å². The van der Waals surface area contributed by atoms with Crippen LogP contribution in [-0.2, 0) is 0 Å². The lowest BCUT2D eigenvalue weighted by atomic mass is 9.72. The van der Waals surface area contributed by atoms with E-state index in [1.165, 1.54) is 0 Å². The fourth-order valence-electron chi connectivity index (χ4n) is 4.30. The molecule has 2 aliphatic rings. The Kier molecular flexibility index (Phi) is 4.50. The minimum atomic E-state index is -0.650. The Morgan fingerprint density at radius 1 is 1.35 bits per heavy atom. The number of aliphatic hydroxyl groups is 1. The van der Waals surface area contributed by atoms with E-state index in [9.17, 15) is 9.90 Å². The smallest absolute Gasteiger partial charge is 0.274 e. The minimum Gasteiger partial charge on any atom is -0.390 e. The van der Waals surface area contributed by atoms with E-state index >= 15 is 0 Å². The van der Waals surface area contributed by atoms with Crippen LogP contribution in [0.2, 0.25) is 0 Å². The topological polar surface area (TPSA) is 58.4 Å². The predicted molar refractivity (Wildman–Crippen MR) is 89.3 cm³/mol. The van der Waals surface area contributed by atoms with E-state index < -0.39 is 5.60 Å². The van der Waals surface area contributed by atoms with Crippen molar-refractivity contribution < 1.29 is 9.90 Å². The number of rotatable bonds is 3. The van der Waals surface area contributed by atoms with Crippen molar-refractivity contribution in [3.05, 3.63) is 18.0 Å². The SMILES string of the molecule is CC(C)n1ccc(C(=O)N2CCC[C@@H]2[C@@H]2CCCC[C@]2(C)O)n1. The van der Waals surface area contributed by atoms with Gasteiger partial charge in [-0.1, -0.05) is 12.8 Å². The van der Waals surface area contributed by atoms with Gasteiger partial charge < -0.3 is 10.0 Å². The summed E-state index contributed by atoms with van der Waals surface area (Å²) in [7, 11) is 0. The number of carbonyl (C=O) groups is 1. The lowest BCUT2D eigenvalue weighted by molar-refractivity contribution is -0.0578. The zero-order valence-corrected chi connectivity index (χ0v) is 14.5. The van der Waals surface area contributed by atoms with E-state index in [4.69, 9.17) is 0 Å². The van der Waals surface area contributed by atoms with Crippen molar-refractivity contribution in [3.63, 3.8) is 0 Å². The summed E-state index contributed by atoms with van der Waals surface area (Å²) in [4.78, 5) is 14.9. The normalized spacial score (nSPS) is 31.8.